The van der Waals surface area contributed by atoms with Crippen molar-refractivity contribution in [2.45, 2.75) is 135 Å². The number of hydrogen-bond donors (Lipinski definition) is 2. The number of nitrogens with two attached hydrogens (primary N) is 1. The van der Waals surface area contributed by atoms with E-state index < -0.39 is 0 Å². The number of hydrazine groups is 2. The number of nitrogens with zero attached hydrogens (tertiary/aromatic N) is 2. The van der Waals surface area contributed by atoms with E-state index >= 15 is 0 Å². The molecule has 0 spiro atoms. The van der Waals surface area contributed by atoms with Crippen molar-refractivity contribution < 1.29 is 0 Å². The van der Waals surface area contributed by atoms with Gasteiger partial charge in [0.2, 0.25) is 0 Å². The Hall–Kier alpha value is -2.04. The van der Waals surface area contributed by atoms with Gasteiger partial charge in [0.25, 0.3) is 0 Å². The highest BCUT2D eigenvalue weighted by atomic mass is 15.6. The highest BCUT2D eigenvalue weighted by molar-refractivity contribution is 5.64. The lowest BCUT2D eigenvalue weighted by molar-refractivity contribution is -0.0655. The molecule has 2 aromatic carbocycles. The quantitative estimate of drug-likeness (QED) is 0.355. The molecule has 3 fully saturated rings. The fourth-order valence-corrected chi connectivity index (χ4v) is 12.5. The van der Waals surface area contributed by atoms with E-state index in [1.807, 2.05) is 0 Å². The topological polar surface area (TPSA) is 44.5 Å². The Kier molecular flexibility index (Phi) is 6.54. The molecule has 5 aliphatic rings. The average Bonchev–Trinajstić information content (AvgIpc) is 2.96. The maximum Gasteiger partial charge on any atom is 0.0600 e. The molecule has 2 heterocycles. The molecule has 4 heteroatoms. The second-order valence-corrected chi connectivity index (χ2v) is 17.6. The first-order valence-electron chi connectivity index (χ1n) is 17.5. The Morgan fingerprint density at radius 2 is 1.35 bits per heavy atom. The Labute approximate surface area is 262 Å². The second-order valence-electron chi connectivity index (χ2n) is 17.6. The third kappa shape index (κ3) is 3.81. The van der Waals surface area contributed by atoms with Crippen LogP contribution < -0.4 is 21.3 Å². The summed E-state index contributed by atoms with van der Waals surface area (Å²) >= 11 is 0. The highest BCUT2D eigenvalue weighted by Gasteiger charge is 2.66. The molecular formula is C39H58N4. The van der Waals surface area contributed by atoms with E-state index in [-0.39, 0.29) is 32.7 Å². The molecule has 4 nitrogen and oxygen atoms in total. The van der Waals surface area contributed by atoms with Gasteiger partial charge in [-0.25, -0.2) is 11.3 Å². The Bertz CT molecular complexity index is 1400. The molecule has 0 aromatic heterocycles. The third-order valence-electron chi connectivity index (χ3n) is 14.8. The van der Waals surface area contributed by atoms with Crippen LogP contribution in [0.2, 0.25) is 0 Å². The van der Waals surface area contributed by atoms with E-state index in [9.17, 15) is 0 Å². The summed E-state index contributed by atoms with van der Waals surface area (Å²) in [7, 11) is 0. The fraction of sp³-hybridized carbons (Fsp3) is 0.692. The molecule has 0 radical (unpaired) electrons. The zero-order valence-corrected chi connectivity index (χ0v) is 28.4. The predicted molar refractivity (Wildman–Crippen MR) is 181 cm³/mol. The predicted octanol–water partition coefficient (Wildman–Crippen LogP) is 8.89. The zero-order valence-electron chi connectivity index (χ0n) is 28.4. The lowest BCUT2D eigenvalue weighted by Crippen LogP contribution is -2.75. The fourth-order valence-electron chi connectivity index (χ4n) is 12.5. The number of benzene rings is 2. The molecule has 7 rings (SSSR count). The molecule has 0 amide bonds. The Morgan fingerprint density at radius 3 is 2.05 bits per heavy atom. The first-order valence-corrected chi connectivity index (χ1v) is 17.5. The number of rotatable bonds is 3. The van der Waals surface area contributed by atoms with Gasteiger partial charge in [-0.1, -0.05) is 110 Å². The van der Waals surface area contributed by atoms with Crippen molar-refractivity contribution in [3.8, 4) is 0 Å². The van der Waals surface area contributed by atoms with Gasteiger partial charge in [-0.2, -0.15) is 0 Å². The van der Waals surface area contributed by atoms with Crippen LogP contribution >= 0.6 is 0 Å². The molecule has 0 bridgehead atoms. The second kappa shape index (κ2) is 9.49. The molecule has 2 aromatic rings. The van der Waals surface area contributed by atoms with Gasteiger partial charge < -0.3 is 10.0 Å². The molecule has 3 saturated carbocycles. The standard InChI is InChI=1S/C39H58N4/c1-34(2)22-15-23-37(6)33(34)36(5,30-19-12-13-20-31(30)42(37)40)26-41-43-32-21-14-11-18-29(32)35(3,4)38(7)24-27-16-9-10-17-28(27)25-39(38,43)8/h11-14,18-21,27-28,33,41H,9-10,15-17,22-26,40H2,1-8H3. The molecule has 7 unspecified atom stereocenters. The Morgan fingerprint density at radius 1 is 0.744 bits per heavy atom. The van der Waals surface area contributed by atoms with Crippen LogP contribution in [0.15, 0.2) is 48.5 Å². The van der Waals surface area contributed by atoms with Crippen LogP contribution in [0, 0.1) is 28.6 Å². The van der Waals surface area contributed by atoms with E-state index in [0.29, 0.717) is 5.92 Å². The molecule has 0 saturated heterocycles. The van der Waals surface area contributed by atoms with Crippen molar-refractivity contribution in [3.05, 3.63) is 59.7 Å². The molecule has 3 N–H and O–H groups in total. The van der Waals surface area contributed by atoms with Gasteiger partial charge in [-0.15, -0.1) is 0 Å². The van der Waals surface area contributed by atoms with E-state index in [4.69, 9.17) is 5.84 Å². The first-order chi connectivity index (χ1) is 20.2. The molecule has 43 heavy (non-hydrogen) atoms. The normalized spacial score (nSPS) is 40.9. The monoisotopic (exact) mass is 582 g/mol. The van der Waals surface area contributed by atoms with Crippen molar-refractivity contribution in [3.63, 3.8) is 0 Å². The van der Waals surface area contributed by atoms with Gasteiger partial charge in [0.15, 0.2) is 0 Å². The van der Waals surface area contributed by atoms with E-state index in [2.05, 4.69) is 119 Å². The number of fused-ring (bicyclic) bond motifs is 5. The first kappa shape index (κ1) is 29.7. The van der Waals surface area contributed by atoms with Crippen molar-refractivity contribution in [1.82, 2.24) is 5.43 Å². The number of nitrogens with one attached hydrogen (secondary N) is 1. The maximum atomic E-state index is 7.10. The van der Waals surface area contributed by atoms with Gasteiger partial charge in [0, 0.05) is 17.4 Å². The van der Waals surface area contributed by atoms with E-state index in [1.165, 1.54) is 73.9 Å². The van der Waals surface area contributed by atoms with Crippen LogP contribution in [-0.4, -0.2) is 17.6 Å². The molecule has 3 aliphatic carbocycles. The lowest BCUT2D eigenvalue weighted by Gasteiger charge is -2.69. The average molecular weight is 583 g/mol. The molecular weight excluding hydrogens is 524 g/mol. The molecule has 7 atom stereocenters. The van der Waals surface area contributed by atoms with Gasteiger partial charge in [-0.3, -0.25) is 0 Å². The summed E-state index contributed by atoms with van der Waals surface area (Å²) in [4.78, 5) is 0. The van der Waals surface area contributed by atoms with Crippen LogP contribution in [0.25, 0.3) is 0 Å². The van der Waals surface area contributed by atoms with Gasteiger partial charge in [0.05, 0.1) is 22.5 Å². The Balaban J connectivity index is 1.36. The summed E-state index contributed by atoms with van der Waals surface area (Å²) in [5, 5.41) is 4.88. The van der Waals surface area contributed by atoms with Crippen molar-refractivity contribution in [2.24, 2.45) is 34.4 Å². The summed E-state index contributed by atoms with van der Waals surface area (Å²) in [5.41, 5.74) is 10.1. The van der Waals surface area contributed by atoms with E-state index in [0.717, 1.165) is 24.8 Å². The van der Waals surface area contributed by atoms with Gasteiger partial charge in [-0.05, 0) is 91.4 Å². The summed E-state index contributed by atoms with van der Waals surface area (Å²) in [5.74, 6) is 9.20. The van der Waals surface area contributed by atoms with E-state index in [1.54, 1.807) is 0 Å². The van der Waals surface area contributed by atoms with Crippen LogP contribution in [0.1, 0.15) is 124 Å². The van der Waals surface area contributed by atoms with Crippen LogP contribution in [0.4, 0.5) is 11.4 Å². The summed E-state index contributed by atoms with van der Waals surface area (Å²) in [6.45, 7) is 21.3. The lowest BCUT2D eigenvalue weighted by atomic mass is 9.43. The minimum atomic E-state index is -0.0904. The zero-order chi connectivity index (χ0) is 30.6. The molecule has 234 valence electrons. The van der Waals surface area contributed by atoms with Crippen molar-refractivity contribution in [2.75, 3.05) is 16.6 Å². The third-order valence-corrected chi connectivity index (χ3v) is 14.8. The van der Waals surface area contributed by atoms with Gasteiger partial charge >= 0.3 is 0 Å². The number of hydrogen-bond acceptors (Lipinski definition) is 4. The van der Waals surface area contributed by atoms with Crippen molar-refractivity contribution in [1.29, 1.82) is 0 Å². The largest absolute Gasteiger partial charge is 0.305 e. The SMILES string of the molecule is CC1(C)CCCC2(C)C1C(C)(CNN1c3ccccc3C(C)(C)C3(C)CC4CCCCC4CC13C)c1ccccc1N2N. The summed E-state index contributed by atoms with van der Waals surface area (Å²) in [6.07, 6.45) is 11.9. The van der Waals surface area contributed by atoms with Crippen LogP contribution in [0.5, 0.6) is 0 Å². The van der Waals surface area contributed by atoms with Crippen LogP contribution in [-0.2, 0) is 10.8 Å². The van der Waals surface area contributed by atoms with Crippen LogP contribution in [0.3, 0.4) is 0 Å². The highest BCUT2D eigenvalue weighted by Crippen LogP contribution is 2.67. The summed E-state index contributed by atoms with van der Waals surface area (Å²) < 4.78 is 0. The van der Waals surface area contributed by atoms with Gasteiger partial charge in [0.1, 0.15) is 0 Å². The number of para-hydroxylation sites is 2. The van der Waals surface area contributed by atoms with Crippen molar-refractivity contribution >= 4 is 11.4 Å². The minimum absolute atomic E-state index is 0.0131. The maximum absolute atomic E-state index is 7.10. The number of anilines is 2. The summed E-state index contributed by atoms with van der Waals surface area (Å²) in [6, 6.07) is 18.4. The minimum Gasteiger partial charge on any atom is -0.305 e. The molecule has 2 aliphatic heterocycles. The smallest absolute Gasteiger partial charge is 0.0600 e.